The van der Waals surface area contributed by atoms with Gasteiger partial charge in [0, 0.05) is 6.04 Å². The van der Waals surface area contributed by atoms with Gasteiger partial charge in [-0.15, -0.1) is 0 Å². The van der Waals surface area contributed by atoms with Crippen molar-refractivity contribution < 1.29 is 4.39 Å². The second-order valence-corrected chi connectivity index (χ2v) is 6.24. The summed E-state index contributed by atoms with van der Waals surface area (Å²) in [6, 6.07) is 7.35. The minimum Gasteiger partial charge on any atom is -0.313 e. The lowest BCUT2D eigenvalue weighted by Gasteiger charge is -2.35. The molecular weight excluding hydrogens is 237 g/mol. The lowest BCUT2D eigenvalue weighted by Crippen LogP contribution is -2.29. The van der Waals surface area contributed by atoms with Gasteiger partial charge in [-0.2, -0.15) is 0 Å². The molecule has 1 atom stereocenters. The third-order valence-electron chi connectivity index (χ3n) is 4.75. The summed E-state index contributed by atoms with van der Waals surface area (Å²) in [7, 11) is 1.99. The fourth-order valence-electron chi connectivity index (χ4n) is 3.52. The third kappa shape index (κ3) is 3.56. The maximum Gasteiger partial charge on any atom is 0.123 e. The second-order valence-electron chi connectivity index (χ2n) is 6.24. The van der Waals surface area contributed by atoms with E-state index in [1.54, 1.807) is 6.07 Å². The molecule has 0 amide bonds. The van der Waals surface area contributed by atoms with E-state index in [-0.39, 0.29) is 5.82 Å². The van der Waals surface area contributed by atoms with Gasteiger partial charge in [-0.3, -0.25) is 0 Å². The van der Waals surface area contributed by atoms with Crippen LogP contribution < -0.4 is 5.32 Å². The van der Waals surface area contributed by atoms with Gasteiger partial charge in [-0.1, -0.05) is 26.0 Å². The van der Waals surface area contributed by atoms with Gasteiger partial charge < -0.3 is 5.32 Å². The molecule has 1 aliphatic rings. The quantitative estimate of drug-likeness (QED) is 0.840. The zero-order valence-electron chi connectivity index (χ0n) is 12.3. The van der Waals surface area contributed by atoms with E-state index in [0.29, 0.717) is 12.0 Å². The molecule has 0 bridgehead atoms. The van der Waals surface area contributed by atoms with Gasteiger partial charge >= 0.3 is 0 Å². The van der Waals surface area contributed by atoms with Crippen molar-refractivity contribution in [1.29, 1.82) is 0 Å². The van der Waals surface area contributed by atoms with Gasteiger partial charge in [0.1, 0.15) is 5.82 Å². The summed E-state index contributed by atoms with van der Waals surface area (Å²) in [4.78, 5) is 0. The molecule has 1 fully saturated rings. The normalized spacial score (nSPS) is 25.5. The molecule has 1 saturated carbocycles. The number of hydrogen-bond donors (Lipinski definition) is 1. The summed E-state index contributed by atoms with van der Waals surface area (Å²) < 4.78 is 13.4. The number of halogens is 1. The summed E-state index contributed by atoms with van der Waals surface area (Å²) >= 11 is 0. The summed E-state index contributed by atoms with van der Waals surface area (Å²) in [5.74, 6) is 2.18. The van der Waals surface area contributed by atoms with Crippen LogP contribution in [-0.4, -0.2) is 7.05 Å². The van der Waals surface area contributed by atoms with Gasteiger partial charge in [0.05, 0.1) is 0 Å². The molecule has 19 heavy (non-hydrogen) atoms. The highest BCUT2D eigenvalue weighted by Crippen LogP contribution is 2.39. The molecule has 1 unspecified atom stereocenters. The Balaban J connectivity index is 2.03. The molecule has 1 aromatic rings. The minimum absolute atomic E-state index is 0.131. The highest BCUT2D eigenvalue weighted by molar-refractivity contribution is 5.21. The topological polar surface area (TPSA) is 12.0 Å². The van der Waals surface area contributed by atoms with E-state index >= 15 is 0 Å². The van der Waals surface area contributed by atoms with E-state index in [9.17, 15) is 4.39 Å². The first kappa shape index (κ1) is 14.5. The van der Waals surface area contributed by atoms with Crippen molar-refractivity contribution in [1.82, 2.24) is 5.32 Å². The first-order valence-electron chi connectivity index (χ1n) is 7.54. The summed E-state index contributed by atoms with van der Waals surface area (Å²) in [5.41, 5.74) is 1.09. The van der Waals surface area contributed by atoms with Crippen molar-refractivity contribution in [2.75, 3.05) is 7.05 Å². The molecule has 0 heterocycles. The molecule has 1 aliphatic carbocycles. The van der Waals surface area contributed by atoms with Crippen LogP contribution >= 0.6 is 0 Å². The van der Waals surface area contributed by atoms with E-state index in [2.05, 4.69) is 19.2 Å². The van der Waals surface area contributed by atoms with Crippen molar-refractivity contribution in [3.8, 4) is 0 Å². The average Bonchev–Trinajstić information content (AvgIpc) is 2.40. The van der Waals surface area contributed by atoms with Crippen molar-refractivity contribution in [2.24, 2.45) is 17.8 Å². The van der Waals surface area contributed by atoms with Crippen molar-refractivity contribution >= 4 is 0 Å². The van der Waals surface area contributed by atoms with Crippen molar-refractivity contribution in [2.45, 2.75) is 45.6 Å². The number of rotatable bonds is 4. The van der Waals surface area contributed by atoms with E-state index in [0.717, 1.165) is 17.4 Å². The Bertz CT molecular complexity index is 394. The third-order valence-corrected chi connectivity index (χ3v) is 4.75. The molecule has 2 rings (SSSR count). The molecule has 0 radical (unpaired) electrons. The molecule has 1 aromatic carbocycles. The largest absolute Gasteiger partial charge is 0.313 e. The standard InChI is InChI=1S/C17H26FN/c1-12(2)13-7-9-14(10-8-13)17(19-3)15-5-4-6-16(18)11-15/h4-6,11-14,17,19H,7-10H2,1-3H3. The molecule has 0 aliphatic heterocycles. The van der Waals surface area contributed by atoms with Gasteiger partial charge in [-0.05, 0) is 68.2 Å². The van der Waals surface area contributed by atoms with E-state index in [1.807, 2.05) is 19.2 Å². The highest BCUT2D eigenvalue weighted by Gasteiger charge is 2.28. The SMILES string of the molecule is CNC(c1cccc(F)c1)C1CCC(C(C)C)CC1. The molecule has 0 spiro atoms. The molecule has 0 saturated heterocycles. The maximum atomic E-state index is 13.4. The van der Waals surface area contributed by atoms with Crippen molar-refractivity contribution in [3.05, 3.63) is 35.6 Å². The fraction of sp³-hybridized carbons (Fsp3) is 0.647. The van der Waals surface area contributed by atoms with Crippen LogP contribution in [0.1, 0.15) is 51.1 Å². The zero-order chi connectivity index (χ0) is 13.8. The zero-order valence-corrected chi connectivity index (χ0v) is 12.3. The Morgan fingerprint density at radius 2 is 1.74 bits per heavy atom. The van der Waals surface area contributed by atoms with Gasteiger partial charge in [-0.25, -0.2) is 4.39 Å². The molecule has 2 heteroatoms. The van der Waals surface area contributed by atoms with Crippen LogP contribution in [0.25, 0.3) is 0 Å². The van der Waals surface area contributed by atoms with E-state index in [1.165, 1.54) is 31.7 Å². The molecule has 0 aromatic heterocycles. The number of hydrogen-bond acceptors (Lipinski definition) is 1. The van der Waals surface area contributed by atoms with Crippen LogP contribution in [0.4, 0.5) is 4.39 Å². The smallest absolute Gasteiger partial charge is 0.123 e. The molecule has 1 N–H and O–H groups in total. The van der Waals surface area contributed by atoms with Crippen LogP contribution in [0.3, 0.4) is 0 Å². The average molecular weight is 263 g/mol. The van der Waals surface area contributed by atoms with E-state index in [4.69, 9.17) is 0 Å². The van der Waals surface area contributed by atoms with Crippen LogP contribution in [0.15, 0.2) is 24.3 Å². The van der Waals surface area contributed by atoms with Gasteiger partial charge in [0.2, 0.25) is 0 Å². The molecule has 106 valence electrons. The maximum absolute atomic E-state index is 13.4. The summed E-state index contributed by atoms with van der Waals surface area (Å²) in [6.07, 6.45) is 5.14. The Hall–Kier alpha value is -0.890. The predicted octanol–water partition coefficient (Wildman–Crippen LogP) is 4.55. The Morgan fingerprint density at radius 3 is 2.26 bits per heavy atom. The first-order valence-corrected chi connectivity index (χ1v) is 7.54. The summed E-state index contributed by atoms with van der Waals surface area (Å²) in [5, 5.41) is 3.39. The van der Waals surface area contributed by atoms with E-state index < -0.39 is 0 Å². The second kappa shape index (κ2) is 6.51. The van der Waals surface area contributed by atoms with Gasteiger partial charge in [0.25, 0.3) is 0 Å². The molecular formula is C17H26FN. The highest BCUT2D eigenvalue weighted by atomic mass is 19.1. The monoisotopic (exact) mass is 263 g/mol. The lowest BCUT2D eigenvalue weighted by atomic mass is 9.73. The lowest BCUT2D eigenvalue weighted by molar-refractivity contribution is 0.192. The Labute approximate surface area is 116 Å². The van der Waals surface area contributed by atoms with Crippen LogP contribution in [0.5, 0.6) is 0 Å². The fourth-order valence-corrected chi connectivity index (χ4v) is 3.52. The Kier molecular flexibility index (Phi) is 4.98. The van der Waals surface area contributed by atoms with Crippen LogP contribution in [-0.2, 0) is 0 Å². The Morgan fingerprint density at radius 1 is 1.11 bits per heavy atom. The number of benzene rings is 1. The van der Waals surface area contributed by atoms with Crippen molar-refractivity contribution in [3.63, 3.8) is 0 Å². The van der Waals surface area contributed by atoms with Crippen LogP contribution in [0, 0.1) is 23.6 Å². The predicted molar refractivity (Wildman–Crippen MR) is 78.5 cm³/mol. The number of nitrogens with one attached hydrogen (secondary N) is 1. The van der Waals surface area contributed by atoms with Crippen LogP contribution in [0.2, 0.25) is 0 Å². The van der Waals surface area contributed by atoms with Gasteiger partial charge in [0.15, 0.2) is 0 Å². The minimum atomic E-state index is -0.131. The summed E-state index contributed by atoms with van der Waals surface area (Å²) in [6.45, 7) is 4.65. The first-order chi connectivity index (χ1) is 9.11. The molecule has 1 nitrogen and oxygen atoms in total.